The Bertz CT molecular complexity index is 1690. The van der Waals surface area contributed by atoms with Crippen LogP contribution in [0.3, 0.4) is 0 Å². The number of hydrogen-bond acceptors (Lipinski definition) is 12. The third-order valence-electron chi connectivity index (χ3n) is 7.26. The first-order chi connectivity index (χ1) is 21.7. The summed E-state index contributed by atoms with van der Waals surface area (Å²) in [5, 5.41) is 11.6. The largest absolute Gasteiger partial charge is 0.443 e. The Labute approximate surface area is 280 Å². The first kappa shape index (κ1) is 38.8. The minimum Gasteiger partial charge on any atom is -0.443 e. The Kier molecular flexibility index (Phi) is 10.8. The van der Waals surface area contributed by atoms with Crippen LogP contribution in [0.5, 0.6) is 0 Å². The predicted molar refractivity (Wildman–Crippen MR) is 177 cm³/mol. The summed E-state index contributed by atoms with van der Waals surface area (Å²) in [6, 6.07) is 8.39. The van der Waals surface area contributed by atoms with Crippen molar-refractivity contribution in [3.05, 3.63) is 69.5 Å². The van der Waals surface area contributed by atoms with Crippen molar-refractivity contribution in [3.63, 3.8) is 0 Å². The molecule has 2 amide bonds. The van der Waals surface area contributed by atoms with Crippen molar-refractivity contribution in [3.8, 4) is 0 Å². The van der Waals surface area contributed by atoms with Crippen LogP contribution in [-0.2, 0) is 29.3 Å². The van der Waals surface area contributed by atoms with Crippen molar-refractivity contribution in [2.45, 2.75) is 95.1 Å². The summed E-state index contributed by atoms with van der Waals surface area (Å²) in [5.41, 5.74) is -4.55. The number of nitro benzene ring substituents is 1. The maximum Gasteiger partial charge on any atom is 0.425 e. The molecule has 266 valence electrons. The van der Waals surface area contributed by atoms with Gasteiger partial charge in [0.1, 0.15) is 33.1 Å². The second-order valence-corrected chi connectivity index (χ2v) is 17.9. The number of nitrogens with zero attached hydrogens (tertiary/aromatic N) is 3. The number of nitro groups is 1. The molecule has 0 bridgehead atoms. The lowest BCUT2D eigenvalue weighted by Crippen LogP contribution is -2.60. The standard InChI is InChI=1S/C31H42FN3O11S2/c1-20-10-13-22(14-11-20)48(42,43)44-17-16-31(9)25(34(26(36)45-28(2,3)4)27(37)46-29(5,6)7)33-30(8,19-47(31,40)41)23-18-21(35(38)39)12-15-24(23)32/h10-15,18,40-41H,16-17,19H2,1-9H3/t30-,31?/m0/s1. The zero-order valence-electron chi connectivity index (χ0n) is 28.3. The van der Waals surface area contributed by atoms with Crippen LogP contribution in [0.25, 0.3) is 0 Å². The van der Waals surface area contributed by atoms with Crippen LogP contribution in [0, 0.1) is 22.9 Å². The van der Waals surface area contributed by atoms with Gasteiger partial charge in [-0.1, -0.05) is 17.7 Å². The molecule has 2 N–H and O–H groups in total. The average molecular weight is 716 g/mol. The van der Waals surface area contributed by atoms with Crippen LogP contribution >= 0.6 is 10.6 Å². The van der Waals surface area contributed by atoms with E-state index in [2.05, 4.69) is 4.99 Å². The Morgan fingerprint density at radius 1 is 1.02 bits per heavy atom. The van der Waals surface area contributed by atoms with Gasteiger partial charge >= 0.3 is 12.2 Å². The molecule has 0 saturated carbocycles. The Morgan fingerprint density at radius 2 is 1.54 bits per heavy atom. The van der Waals surface area contributed by atoms with Gasteiger partial charge in [-0.2, -0.15) is 23.9 Å². The molecule has 14 nitrogen and oxygen atoms in total. The van der Waals surface area contributed by atoms with Crippen LogP contribution in [0.2, 0.25) is 0 Å². The number of aryl methyl sites for hydroxylation is 1. The average Bonchev–Trinajstić information content (AvgIpc) is 2.89. The number of hydrogen-bond donors (Lipinski definition) is 2. The molecule has 0 spiro atoms. The fourth-order valence-electron chi connectivity index (χ4n) is 4.80. The third-order valence-corrected chi connectivity index (χ3v) is 11.4. The van der Waals surface area contributed by atoms with Gasteiger partial charge in [0.05, 0.1) is 22.2 Å². The van der Waals surface area contributed by atoms with E-state index in [0.29, 0.717) is 4.90 Å². The number of rotatable bonds is 7. The quantitative estimate of drug-likeness (QED) is 0.168. The van der Waals surface area contributed by atoms with Gasteiger partial charge in [0, 0.05) is 24.1 Å². The zero-order chi connectivity index (χ0) is 36.7. The van der Waals surface area contributed by atoms with Crippen LogP contribution in [0.15, 0.2) is 52.4 Å². The van der Waals surface area contributed by atoms with Crippen LogP contribution in [0.4, 0.5) is 19.7 Å². The zero-order valence-corrected chi connectivity index (χ0v) is 29.9. The second-order valence-electron chi connectivity index (χ2n) is 13.8. The minimum atomic E-state index is -4.35. The van der Waals surface area contributed by atoms with Gasteiger partial charge < -0.3 is 9.47 Å². The van der Waals surface area contributed by atoms with Crippen molar-refractivity contribution < 1.29 is 50.1 Å². The molecule has 0 radical (unpaired) electrons. The van der Waals surface area contributed by atoms with Gasteiger partial charge in [-0.05, 0) is 80.5 Å². The molecule has 0 saturated heterocycles. The highest BCUT2D eigenvalue weighted by atomic mass is 32.3. The highest BCUT2D eigenvalue weighted by Crippen LogP contribution is 2.62. The van der Waals surface area contributed by atoms with Crippen LogP contribution in [0.1, 0.15) is 72.9 Å². The van der Waals surface area contributed by atoms with Gasteiger partial charge in [-0.25, -0.2) is 14.0 Å². The number of benzene rings is 2. The van der Waals surface area contributed by atoms with E-state index in [9.17, 15) is 37.2 Å². The highest BCUT2D eigenvalue weighted by molar-refractivity contribution is 8.26. The molecular weight excluding hydrogens is 673 g/mol. The van der Waals surface area contributed by atoms with Crippen LogP contribution in [-0.4, -0.2) is 73.7 Å². The van der Waals surface area contributed by atoms with Gasteiger partial charge in [-0.15, -0.1) is 0 Å². The molecule has 3 rings (SSSR count). The molecule has 1 unspecified atom stereocenters. The lowest BCUT2D eigenvalue weighted by molar-refractivity contribution is -0.385. The monoisotopic (exact) mass is 715 g/mol. The van der Waals surface area contributed by atoms with Crippen molar-refractivity contribution >= 4 is 44.4 Å². The van der Waals surface area contributed by atoms with Crippen molar-refractivity contribution in [2.75, 3.05) is 12.4 Å². The first-order valence-corrected chi connectivity index (χ1v) is 17.9. The number of aliphatic imine (C=N–C) groups is 1. The number of non-ortho nitro benzene ring substituents is 1. The molecule has 2 aromatic carbocycles. The molecule has 0 aromatic heterocycles. The molecule has 1 aliphatic heterocycles. The molecule has 17 heteroatoms. The number of carbonyl (C=O) groups is 2. The molecule has 1 aliphatic rings. The summed E-state index contributed by atoms with van der Waals surface area (Å²) < 4.78 is 79.1. The number of amides is 2. The van der Waals surface area contributed by atoms with E-state index >= 15 is 4.39 Å². The van der Waals surface area contributed by atoms with Gasteiger partial charge in [0.15, 0.2) is 0 Å². The number of carbonyl (C=O) groups excluding carboxylic acids is 2. The maximum atomic E-state index is 15.4. The number of ether oxygens (including phenoxy) is 2. The lowest BCUT2D eigenvalue weighted by Gasteiger charge is -2.56. The van der Waals surface area contributed by atoms with Crippen molar-refractivity contribution in [1.29, 1.82) is 0 Å². The predicted octanol–water partition coefficient (Wildman–Crippen LogP) is 7.15. The van der Waals surface area contributed by atoms with E-state index in [1.807, 2.05) is 0 Å². The van der Waals surface area contributed by atoms with Crippen molar-refractivity contribution in [2.24, 2.45) is 4.99 Å². The molecule has 1 heterocycles. The summed E-state index contributed by atoms with van der Waals surface area (Å²) in [5.74, 6) is -2.39. The fourth-order valence-corrected chi connectivity index (χ4v) is 7.87. The maximum absolute atomic E-state index is 15.4. The van der Waals surface area contributed by atoms with E-state index in [4.69, 9.17) is 13.7 Å². The topological polar surface area (TPSA) is 195 Å². The van der Waals surface area contributed by atoms with E-state index in [1.165, 1.54) is 67.5 Å². The van der Waals surface area contributed by atoms with Crippen molar-refractivity contribution in [1.82, 2.24) is 4.90 Å². The lowest BCUT2D eigenvalue weighted by atomic mass is 9.92. The molecule has 0 fully saturated rings. The molecule has 48 heavy (non-hydrogen) atoms. The SMILES string of the molecule is Cc1ccc(S(=O)(=O)OCCC2(C)C(N(C(=O)OC(C)(C)C)C(=O)OC(C)(C)C)=N[C@](C)(c3cc([N+](=O)[O-])ccc3F)CS2(O)O)cc1. The summed E-state index contributed by atoms with van der Waals surface area (Å²) in [6.07, 6.45) is -3.22. The molecular formula is C31H42FN3O11S2. The number of imide groups is 1. The fraction of sp³-hybridized carbons (Fsp3) is 0.516. The normalized spacial score (nSPS) is 21.9. The second kappa shape index (κ2) is 13.3. The van der Waals surface area contributed by atoms with E-state index in [0.717, 1.165) is 23.8 Å². The molecule has 2 aromatic rings. The Morgan fingerprint density at radius 3 is 2.02 bits per heavy atom. The number of halogens is 1. The molecule has 0 aliphatic carbocycles. The summed E-state index contributed by atoms with van der Waals surface area (Å²) in [7, 11) is -8.51. The summed E-state index contributed by atoms with van der Waals surface area (Å²) >= 11 is 0. The smallest absolute Gasteiger partial charge is 0.425 e. The minimum absolute atomic E-state index is 0.166. The van der Waals surface area contributed by atoms with Gasteiger partial charge in [-0.3, -0.25) is 28.4 Å². The van der Waals surface area contributed by atoms with Gasteiger partial charge in [0.2, 0.25) is 0 Å². The summed E-state index contributed by atoms with van der Waals surface area (Å²) in [6.45, 7) is 12.7. The van der Waals surface area contributed by atoms with Gasteiger partial charge in [0.25, 0.3) is 15.8 Å². The highest BCUT2D eigenvalue weighted by Gasteiger charge is 2.57. The number of amidine groups is 1. The Balaban J connectivity index is 2.27. The third kappa shape index (κ3) is 8.68. The first-order valence-electron chi connectivity index (χ1n) is 14.7. The van der Waals surface area contributed by atoms with E-state index in [-0.39, 0.29) is 4.90 Å². The summed E-state index contributed by atoms with van der Waals surface area (Å²) in [4.78, 5) is 43.1. The van der Waals surface area contributed by atoms with Crippen LogP contribution < -0.4 is 0 Å². The Hall–Kier alpha value is -3.64. The molecule has 2 atom stereocenters. The van der Waals surface area contributed by atoms with E-state index in [1.54, 1.807) is 19.1 Å². The van der Waals surface area contributed by atoms with E-state index < -0.39 is 101 Å².